The second-order valence-corrected chi connectivity index (χ2v) is 6.14. The van der Waals surface area contributed by atoms with Gasteiger partial charge in [0.2, 0.25) is 0 Å². The molecule has 0 aliphatic rings. The smallest absolute Gasteiger partial charge is 0.545 e. The van der Waals surface area contributed by atoms with Crippen molar-refractivity contribution < 1.29 is 39.3 Å². The average Bonchev–Trinajstić information content (AvgIpc) is 2.55. The summed E-state index contributed by atoms with van der Waals surface area (Å²) in [5.74, 6) is -1.52. The minimum absolute atomic E-state index is 0. The van der Waals surface area contributed by atoms with Crippen LogP contribution in [0.5, 0.6) is 0 Å². The van der Waals surface area contributed by atoms with Gasteiger partial charge in [-0.2, -0.15) is 0 Å². The molecule has 0 N–H and O–H groups in total. The summed E-state index contributed by atoms with van der Waals surface area (Å²) in [5, 5.41) is 20.9. The number of rotatable bonds is 4. The van der Waals surface area contributed by atoms with Gasteiger partial charge in [-0.15, -0.1) is 0 Å². The predicted molar refractivity (Wildman–Crippen MR) is 89.7 cm³/mol. The molecule has 128 valence electrons. The van der Waals surface area contributed by atoms with Crippen molar-refractivity contribution in [2.75, 3.05) is 0 Å². The second-order valence-electron chi connectivity index (χ2n) is 6.14. The van der Waals surface area contributed by atoms with Crippen molar-refractivity contribution in [1.82, 2.24) is 0 Å². The third-order valence-electron chi connectivity index (χ3n) is 3.58. The fourth-order valence-electron chi connectivity index (χ4n) is 2.05. The van der Waals surface area contributed by atoms with Crippen molar-refractivity contribution in [2.24, 2.45) is 0 Å². The van der Waals surface area contributed by atoms with E-state index in [0.717, 1.165) is 11.1 Å². The number of benzene rings is 2. The van der Waals surface area contributed by atoms with E-state index in [1.165, 1.54) is 0 Å². The summed E-state index contributed by atoms with van der Waals surface area (Å²) >= 11 is 0. The van der Waals surface area contributed by atoms with E-state index >= 15 is 0 Å². The summed E-state index contributed by atoms with van der Waals surface area (Å²) in [5.41, 5.74) is 2.55. The molecule has 0 fully saturated rings. The van der Waals surface area contributed by atoms with Crippen LogP contribution in [0, 0.1) is 0 Å². The van der Waals surface area contributed by atoms with Crippen molar-refractivity contribution in [3.63, 3.8) is 0 Å². The molecule has 0 saturated heterocycles. The summed E-state index contributed by atoms with van der Waals surface area (Å²) < 4.78 is 0. The Morgan fingerprint density at radius 1 is 0.720 bits per heavy atom. The molecule has 4 nitrogen and oxygen atoms in total. The third-order valence-corrected chi connectivity index (χ3v) is 3.58. The van der Waals surface area contributed by atoms with Gasteiger partial charge in [-0.1, -0.05) is 64.1 Å². The first-order valence-corrected chi connectivity index (χ1v) is 7.85. The number of carboxylic acid groups (broad SMARTS) is 2. The predicted octanol–water partition coefficient (Wildman–Crippen LogP) is 2.34. The van der Waals surface area contributed by atoms with Crippen LogP contribution in [-0.4, -0.2) is 11.9 Å². The van der Waals surface area contributed by atoms with Crippen molar-refractivity contribution in [1.29, 1.82) is 0 Å². The molecule has 0 aliphatic heterocycles. The Morgan fingerprint density at radius 3 is 1.28 bits per heavy atom. The third kappa shape index (κ3) is 7.61. The van der Waals surface area contributed by atoms with Crippen LogP contribution in [0.2, 0.25) is 0 Å². The summed E-state index contributed by atoms with van der Waals surface area (Å²) in [6, 6.07) is 13.7. The van der Waals surface area contributed by atoms with Crippen LogP contribution in [-0.2, 0) is 19.5 Å². The number of carboxylic acids is 2. The molecule has 0 saturated carbocycles. The molecule has 0 heterocycles. The Hall–Kier alpha value is -2.00. The molecule has 0 bridgehead atoms. The van der Waals surface area contributed by atoms with E-state index in [9.17, 15) is 19.8 Å². The average molecular weight is 392 g/mol. The Balaban J connectivity index is 0.000000443. The van der Waals surface area contributed by atoms with Crippen LogP contribution in [0.15, 0.2) is 48.5 Å². The van der Waals surface area contributed by atoms with E-state index in [2.05, 4.69) is 0 Å². The monoisotopic (exact) mass is 390 g/mol. The zero-order valence-electron chi connectivity index (χ0n) is 15.1. The number of carbonyl (C=O) groups excluding carboxylic acids is 2. The Labute approximate surface area is 161 Å². The number of hydrogen-bond acceptors (Lipinski definition) is 4. The molecule has 0 aromatic heterocycles. The van der Waals surface area contributed by atoms with Crippen LogP contribution in [0.25, 0.3) is 0 Å². The quantitative estimate of drug-likeness (QED) is 0.749. The van der Waals surface area contributed by atoms with E-state index in [1.54, 1.807) is 36.4 Å². The first-order chi connectivity index (χ1) is 11.2. The van der Waals surface area contributed by atoms with E-state index in [4.69, 9.17) is 0 Å². The molecule has 2 aromatic rings. The Morgan fingerprint density at radius 2 is 1.04 bits per heavy atom. The molecule has 0 amide bonds. The van der Waals surface area contributed by atoms with Crippen molar-refractivity contribution in [3.05, 3.63) is 70.8 Å². The van der Waals surface area contributed by atoms with Gasteiger partial charge in [0.15, 0.2) is 0 Å². The molecule has 0 atom stereocenters. The van der Waals surface area contributed by atoms with E-state index in [-0.39, 0.29) is 30.6 Å². The fraction of sp³-hybridized carbons (Fsp3) is 0.300. The molecule has 25 heavy (non-hydrogen) atoms. The van der Waals surface area contributed by atoms with E-state index < -0.39 is 11.9 Å². The molecular formula is C20H22O4Zn. The molecule has 0 spiro atoms. The van der Waals surface area contributed by atoms with Crippen molar-refractivity contribution >= 4 is 11.9 Å². The number of aromatic carboxylic acids is 2. The summed E-state index contributed by atoms with van der Waals surface area (Å²) in [4.78, 5) is 20.9. The van der Waals surface area contributed by atoms with Gasteiger partial charge in [-0.05, 0) is 46.2 Å². The van der Waals surface area contributed by atoms with Crippen LogP contribution in [0.1, 0.15) is 71.4 Å². The van der Waals surface area contributed by atoms with Gasteiger partial charge in [-0.25, -0.2) is 0 Å². The van der Waals surface area contributed by atoms with Crippen LogP contribution >= 0.6 is 0 Å². The van der Waals surface area contributed by atoms with E-state index in [1.807, 2.05) is 39.8 Å². The zero-order valence-corrected chi connectivity index (χ0v) is 18.1. The van der Waals surface area contributed by atoms with E-state index in [0.29, 0.717) is 11.8 Å². The topological polar surface area (TPSA) is 80.3 Å². The summed E-state index contributed by atoms with van der Waals surface area (Å²) in [7, 11) is 0. The van der Waals surface area contributed by atoms with Crippen LogP contribution in [0.3, 0.4) is 0 Å². The molecule has 0 aliphatic carbocycles. The maximum atomic E-state index is 10.5. The van der Waals surface area contributed by atoms with Gasteiger partial charge in [0.25, 0.3) is 0 Å². The van der Waals surface area contributed by atoms with Gasteiger partial charge < -0.3 is 19.8 Å². The van der Waals surface area contributed by atoms with Crippen molar-refractivity contribution in [3.8, 4) is 0 Å². The summed E-state index contributed by atoms with van der Waals surface area (Å²) in [6.07, 6.45) is 0. The van der Waals surface area contributed by atoms with Crippen molar-refractivity contribution in [2.45, 2.75) is 39.5 Å². The minimum Gasteiger partial charge on any atom is -0.545 e. The molecule has 2 rings (SSSR count). The van der Waals surface area contributed by atoms with Gasteiger partial charge in [0.05, 0.1) is 11.9 Å². The minimum atomic E-state index is -1.11. The maximum Gasteiger partial charge on any atom is 2.00 e. The van der Waals surface area contributed by atoms with Crippen LogP contribution < -0.4 is 10.2 Å². The van der Waals surface area contributed by atoms with Gasteiger partial charge in [0.1, 0.15) is 0 Å². The van der Waals surface area contributed by atoms with Crippen LogP contribution in [0.4, 0.5) is 0 Å². The standard InChI is InChI=1S/2C10H12O2.Zn/c2*1-7(2)8-4-3-5-9(6-8)10(11)12;/h2*3-7H,1-2H3,(H,11,12);/q;;+2/p-2. The van der Waals surface area contributed by atoms with Gasteiger partial charge in [-0.3, -0.25) is 0 Å². The summed E-state index contributed by atoms with van der Waals surface area (Å²) in [6.45, 7) is 8.09. The first-order valence-electron chi connectivity index (χ1n) is 7.85. The number of carbonyl (C=O) groups is 2. The molecule has 0 radical (unpaired) electrons. The fourth-order valence-corrected chi connectivity index (χ4v) is 2.05. The van der Waals surface area contributed by atoms with Gasteiger partial charge in [0, 0.05) is 0 Å². The zero-order chi connectivity index (χ0) is 18.3. The largest absolute Gasteiger partial charge is 2.00 e. The Bertz CT molecular complexity index is 647. The second kappa shape index (κ2) is 10.8. The van der Waals surface area contributed by atoms with Gasteiger partial charge >= 0.3 is 19.5 Å². The SMILES string of the molecule is CC(C)c1cccc(C(=O)[O-])c1.CC(C)c1cccc(C(=O)[O-])c1.[Zn+2]. The first kappa shape index (κ1) is 23.0. The maximum absolute atomic E-state index is 10.5. The molecule has 0 unspecified atom stereocenters. The molecular weight excluding hydrogens is 370 g/mol. The molecule has 2 aromatic carbocycles. The Kier molecular flexibility index (Phi) is 9.92. The molecule has 5 heteroatoms. The normalized spacial score (nSPS) is 9.84. The number of hydrogen-bond donors (Lipinski definition) is 0.